The number of hydrogen-bond donors (Lipinski definition) is 1. The summed E-state index contributed by atoms with van der Waals surface area (Å²) in [5, 5.41) is 0. The average Bonchev–Trinajstić information content (AvgIpc) is 2.15. The van der Waals surface area contributed by atoms with Gasteiger partial charge in [-0.3, -0.25) is 4.79 Å². The monoisotopic (exact) mass is 195 g/mol. The van der Waals surface area contributed by atoms with Gasteiger partial charge in [-0.05, 0) is 24.6 Å². The number of carbonyl (C=O) groups excluding carboxylic acids is 1. The van der Waals surface area contributed by atoms with E-state index in [9.17, 15) is 4.79 Å². The third kappa shape index (κ3) is 1.79. The highest BCUT2D eigenvalue weighted by Crippen LogP contribution is 2.29. The molecule has 0 radical (unpaired) electrons. The van der Waals surface area contributed by atoms with Crippen LogP contribution in [-0.2, 0) is 0 Å². The minimum Gasteiger partial charge on any atom is -0.496 e. The Kier molecular flexibility index (Phi) is 2.96. The third-order valence-electron chi connectivity index (χ3n) is 1.90. The molecule has 1 aromatic carbocycles. The number of ether oxygens (including phenoxy) is 2. The van der Waals surface area contributed by atoms with E-state index in [1.54, 1.807) is 12.1 Å². The highest BCUT2D eigenvalue weighted by molar-refractivity contribution is 5.98. The SMILES string of the molecule is COc1cc(C)cc(OC)c1C(N)=O. The molecule has 4 nitrogen and oxygen atoms in total. The normalized spacial score (nSPS) is 9.64. The maximum absolute atomic E-state index is 11.1. The Bertz CT molecular complexity index is 335. The van der Waals surface area contributed by atoms with E-state index in [1.807, 2.05) is 6.92 Å². The molecule has 1 amide bonds. The van der Waals surface area contributed by atoms with Crippen LogP contribution in [0.3, 0.4) is 0 Å². The van der Waals surface area contributed by atoms with E-state index >= 15 is 0 Å². The second kappa shape index (κ2) is 4.00. The summed E-state index contributed by atoms with van der Waals surface area (Å²) in [5.41, 5.74) is 6.44. The molecule has 0 spiro atoms. The van der Waals surface area contributed by atoms with Crippen molar-refractivity contribution in [1.29, 1.82) is 0 Å². The van der Waals surface area contributed by atoms with Crippen molar-refractivity contribution in [3.63, 3.8) is 0 Å². The van der Waals surface area contributed by atoms with Gasteiger partial charge in [-0.15, -0.1) is 0 Å². The molecule has 1 rings (SSSR count). The number of aryl methyl sites for hydroxylation is 1. The minimum atomic E-state index is -0.557. The molecule has 0 aliphatic rings. The summed E-state index contributed by atoms with van der Waals surface area (Å²) in [6.45, 7) is 1.88. The Morgan fingerprint density at radius 3 is 1.93 bits per heavy atom. The Balaban J connectivity index is 3.40. The molecule has 2 N–H and O–H groups in total. The molecular formula is C10H13NO3. The molecule has 0 saturated heterocycles. The van der Waals surface area contributed by atoms with E-state index in [-0.39, 0.29) is 5.56 Å². The van der Waals surface area contributed by atoms with Gasteiger partial charge in [0.25, 0.3) is 5.91 Å². The summed E-state index contributed by atoms with van der Waals surface area (Å²) in [7, 11) is 2.97. The lowest BCUT2D eigenvalue weighted by Crippen LogP contribution is -2.14. The molecule has 14 heavy (non-hydrogen) atoms. The maximum atomic E-state index is 11.1. The van der Waals surface area contributed by atoms with Gasteiger partial charge < -0.3 is 15.2 Å². The van der Waals surface area contributed by atoms with Gasteiger partial charge in [0.2, 0.25) is 0 Å². The molecule has 1 aromatic rings. The second-order valence-electron chi connectivity index (χ2n) is 2.91. The first kappa shape index (κ1) is 10.4. The lowest BCUT2D eigenvalue weighted by atomic mass is 10.1. The van der Waals surface area contributed by atoms with Crippen LogP contribution in [0.25, 0.3) is 0 Å². The van der Waals surface area contributed by atoms with Crippen molar-refractivity contribution in [1.82, 2.24) is 0 Å². The Hall–Kier alpha value is -1.71. The zero-order chi connectivity index (χ0) is 10.7. The summed E-state index contributed by atoms with van der Waals surface area (Å²) in [6.07, 6.45) is 0. The molecule has 0 unspecified atom stereocenters. The number of carbonyl (C=O) groups is 1. The average molecular weight is 195 g/mol. The smallest absolute Gasteiger partial charge is 0.256 e. The molecular weight excluding hydrogens is 182 g/mol. The van der Waals surface area contributed by atoms with Crippen molar-refractivity contribution in [2.75, 3.05) is 14.2 Å². The van der Waals surface area contributed by atoms with Crippen molar-refractivity contribution in [3.05, 3.63) is 23.3 Å². The molecule has 0 aromatic heterocycles. The van der Waals surface area contributed by atoms with Crippen LogP contribution in [0.5, 0.6) is 11.5 Å². The van der Waals surface area contributed by atoms with Crippen molar-refractivity contribution in [2.45, 2.75) is 6.92 Å². The number of rotatable bonds is 3. The van der Waals surface area contributed by atoms with Crippen LogP contribution >= 0.6 is 0 Å². The number of nitrogens with two attached hydrogens (primary N) is 1. The lowest BCUT2D eigenvalue weighted by Gasteiger charge is -2.11. The quantitative estimate of drug-likeness (QED) is 0.785. The van der Waals surface area contributed by atoms with Crippen LogP contribution in [0, 0.1) is 6.92 Å². The Morgan fingerprint density at radius 2 is 1.64 bits per heavy atom. The first-order valence-corrected chi connectivity index (χ1v) is 4.12. The second-order valence-corrected chi connectivity index (χ2v) is 2.91. The van der Waals surface area contributed by atoms with Crippen LogP contribution in [0.1, 0.15) is 15.9 Å². The molecule has 0 aliphatic heterocycles. The molecule has 0 aliphatic carbocycles. The van der Waals surface area contributed by atoms with Crippen LogP contribution in [0.15, 0.2) is 12.1 Å². The van der Waals surface area contributed by atoms with Gasteiger partial charge in [-0.1, -0.05) is 0 Å². The number of methoxy groups -OCH3 is 2. The predicted octanol–water partition coefficient (Wildman–Crippen LogP) is 1.11. The molecule has 4 heteroatoms. The molecule has 0 saturated carbocycles. The fourth-order valence-electron chi connectivity index (χ4n) is 1.29. The summed E-state index contributed by atoms with van der Waals surface area (Å²) in [4.78, 5) is 11.1. The van der Waals surface area contributed by atoms with Gasteiger partial charge in [0.15, 0.2) is 0 Å². The highest BCUT2D eigenvalue weighted by Gasteiger charge is 2.15. The highest BCUT2D eigenvalue weighted by atomic mass is 16.5. The summed E-state index contributed by atoms with van der Waals surface area (Å²) < 4.78 is 10.1. The first-order valence-electron chi connectivity index (χ1n) is 4.12. The van der Waals surface area contributed by atoms with E-state index in [0.717, 1.165) is 5.56 Å². The van der Waals surface area contributed by atoms with Gasteiger partial charge in [0.05, 0.1) is 14.2 Å². The van der Waals surface area contributed by atoms with Crippen molar-refractivity contribution < 1.29 is 14.3 Å². The van der Waals surface area contributed by atoms with Crippen molar-refractivity contribution in [2.24, 2.45) is 5.73 Å². The topological polar surface area (TPSA) is 61.6 Å². The van der Waals surface area contributed by atoms with E-state index in [4.69, 9.17) is 15.2 Å². The third-order valence-corrected chi connectivity index (χ3v) is 1.90. The van der Waals surface area contributed by atoms with E-state index in [2.05, 4.69) is 0 Å². The minimum absolute atomic E-state index is 0.278. The predicted molar refractivity (Wildman–Crippen MR) is 52.8 cm³/mol. The Labute approximate surface area is 82.6 Å². The number of hydrogen-bond acceptors (Lipinski definition) is 3. The fourth-order valence-corrected chi connectivity index (χ4v) is 1.29. The largest absolute Gasteiger partial charge is 0.496 e. The maximum Gasteiger partial charge on any atom is 0.256 e. The summed E-state index contributed by atoms with van der Waals surface area (Å²) in [6, 6.07) is 3.48. The van der Waals surface area contributed by atoms with Gasteiger partial charge in [0.1, 0.15) is 17.1 Å². The van der Waals surface area contributed by atoms with Crippen molar-refractivity contribution >= 4 is 5.91 Å². The van der Waals surface area contributed by atoms with Crippen LogP contribution in [0.2, 0.25) is 0 Å². The zero-order valence-electron chi connectivity index (χ0n) is 8.46. The van der Waals surface area contributed by atoms with Crippen molar-refractivity contribution in [3.8, 4) is 11.5 Å². The number of amides is 1. The molecule has 0 bridgehead atoms. The van der Waals surface area contributed by atoms with E-state index in [1.165, 1.54) is 14.2 Å². The fraction of sp³-hybridized carbons (Fsp3) is 0.300. The van der Waals surface area contributed by atoms with Gasteiger partial charge in [-0.2, -0.15) is 0 Å². The van der Waals surface area contributed by atoms with Gasteiger partial charge >= 0.3 is 0 Å². The number of primary amides is 1. The van der Waals surface area contributed by atoms with Gasteiger partial charge in [-0.25, -0.2) is 0 Å². The first-order chi connectivity index (χ1) is 6.60. The van der Waals surface area contributed by atoms with Crippen LogP contribution in [-0.4, -0.2) is 20.1 Å². The standard InChI is InChI=1S/C10H13NO3/c1-6-4-7(13-2)9(10(11)12)8(5-6)14-3/h4-5H,1-3H3,(H2,11,12). The molecule has 0 fully saturated rings. The summed E-state index contributed by atoms with van der Waals surface area (Å²) in [5.74, 6) is 0.322. The number of benzene rings is 1. The zero-order valence-corrected chi connectivity index (χ0v) is 8.46. The molecule has 76 valence electrons. The summed E-state index contributed by atoms with van der Waals surface area (Å²) >= 11 is 0. The van der Waals surface area contributed by atoms with Crippen LogP contribution in [0.4, 0.5) is 0 Å². The molecule has 0 atom stereocenters. The van der Waals surface area contributed by atoms with E-state index < -0.39 is 5.91 Å². The lowest BCUT2D eigenvalue weighted by molar-refractivity contribution is 0.0994. The van der Waals surface area contributed by atoms with Crippen LogP contribution < -0.4 is 15.2 Å². The van der Waals surface area contributed by atoms with Gasteiger partial charge in [0, 0.05) is 0 Å². The Morgan fingerprint density at radius 1 is 1.21 bits per heavy atom. The van der Waals surface area contributed by atoms with E-state index in [0.29, 0.717) is 11.5 Å². The molecule has 0 heterocycles.